The molecule has 0 spiro atoms. The number of carbonyl (C=O) groups is 2. The first-order chi connectivity index (χ1) is 13.0. The summed E-state index contributed by atoms with van der Waals surface area (Å²) in [5.74, 6) is -0.164. The predicted octanol–water partition coefficient (Wildman–Crippen LogP) is 5.97. The van der Waals surface area contributed by atoms with Gasteiger partial charge in [0.05, 0.1) is 0 Å². The van der Waals surface area contributed by atoms with Gasteiger partial charge in [0.2, 0.25) is 0 Å². The molecule has 0 bridgehead atoms. The molecule has 0 unspecified atom stereocenters. The second kappa shape index (κ2) is 10.8. The number of ether oxygens (including phenoxy) is 2. The topological polar surface area (TPSA) is 52.6 Å². The van der Waals surface area contributed by atoms with Crippen LogP contribution < -0.4 is 0 Å². The molecule has 1 rings (SSSR count). The second-order valence-electron chi connectivity index (χ2n) is 7.99. The summed E-state index contributed by atoms with van der Waals surface area (Å²) < 4.78 is 10.3. The third-order valence-corrected chi connectivity index (χ3v) is 4.87. The van der Waals surface area contributed by atoms with E-state index in [9.17, 15) is 9.59 Å². The van der Waals surface area contributed by atoms with Gasteiger partial charge in [0.15, 0.2) is 0 Å². The van der Waals surface area contributed by atoms with Gasteiger partial charge in [-0.3, -0.25) is 9.59 Å². The molecule has 0 fully saturated rings. The van der Waals surface area contributed by atoms with E-state index in [-0.39, 0.29) is 24.0 Å². The summed E-state index contributed by atoms with van der Waals surface area (Å²) >= 11 is 0. The Bertz CT molecular complexity index is 743. The van der Waals surface area contributed by atoms with E-state index in [1.54, 1.807) is 12.2 Å². The smallest absolute Gasteiger partial charge is 0.308 e. The van der Waals surface area contributed by atoms with Crippen LogP contribution in [0.15, 0.2) is 58.4 Å². The molecular weight excluding hydrogens is 352 g/mol. The Morgan fingerprint density at radius 1 is 1.04 bits per heavy atom. The van der Waals surface area contributed by atoms with Gasteiger partial charge in [-0.2, -0.15) is 0 Å². The molecule has 0 aromatic rings. The van der Waals surface area contributed by atoms with E-state index >= 15 is 0 Å². The van der Waals surface area contributed by atoms with E-state index in [4.69, 9.17) is 9.47 Å². The average molecular weight is 387 g/mol. The summed E-state index contributed by atoms with van der Waals surface area (Å²) in [7, 11) is 0. The standard InChI is InChI=1S/C24H34O4/c1-17(14-16-27-20(4)25)10-13-23(28-21(5)26)19(3)11-12-22-18(2)9-8-15-24(22,6)7/h10-14H,8-9,15-16H2,1-7H3. The summed E-state index contributed by atoms with van der Waals surface area (Å²) in [4.78, 5) is 22.3. The first-order valence-corrected chi connectivity index (χ1v) is 9.78. The Hall–Kier alpha value is -2.36. The molecule has 0 N–H and O–H groups in total. The molecular formula is C24H34O4. The Morgan fingerprint density at radius 3 is 2.29 bits per heavy atom. The highest BCUT2D eigenvalue weighted by Crippen LogP contribution is 2.40. The summed E-state index contributed by atoms with van der Waals surface area (Å²) in [5, 5.41) is 0. The highest BCUT2D eigenvalue weighted by atomic mass is 16.5. The lowest BCUT2D eigenvalue weighted by Crippen LogP contribution is -2.19. The lowest BCUT2D eigenvalue weighted by molar-refractivity contribution is -0.139. The molecule has 0 atom stereocenters. The fourth-order valence-electron chi connectivity index (χ4n) is 3.27. The van der Waals surface area contributed by atoms with Gasteiger partial charge < -0.3 is 9.47 Å². The molecule has 1 aliphatic carbocycles. The highest BCUT2D eigenvalue weighted by molar-refractivity contribution is 5.68. The average Bonchev–Trinajstić information content (AvgIpc) is 2.56. The zero-order valence-electron chi connectivity index (χ0n) is 18.3. The monoisotopic (exact) mass is 386 g/mol. The van der Waals surface area contributed by atoms with Gasteiger partial charge >= 0.3 is 11.9 Å². The first-order valence-electron chi connectivity index (χ1n) is 9.78. The minimum absolute atomic E-state index is 0.159. The van der Waals surface area contributed by atoms with Crippen molar-refractivity contribution in [2.45, 2.75) is 67.7 Å². The fourth-order valence-corrected chi connectivity index (χ4v) is 3.27. The molecule has 4 heteroatoms. The van der Waals surface area contributed by atoms with Gasteiger partial charge in [0, 0.05) is 13.8 Å². The van der Waals surface area contributed by atoms with Gasteiger partial charge in [0.25, 0.3) is 0 Å². The summed E-state index contributed by atoms with van der Waals surface area (Å²) in [6, 6.07) is 0. The largest absolute Gasteiger partial charge is 0.462 e. The van der Waals surface area contributed by atoms with Crippen LogP contribution >= 0.6 is 0 Å². The maximum atomic E-state index is 11.5. The lowest BCUT2D eigenvalue weighted by atomic mass is 9.72. The van der Waals surface area contributed by atoms with Gasteiger partial charge in [-0.1, -0.05) is 43.2 Å². The zero-order valence-corrected chi connectivity index (χ0v) is 18.3. The number of hydrogen-bond acceptors (Lipinski definition) is 4. The Labute approximate surface area is 169 Å². The van der Waals surface area contributed by atoms with Crippen LogP contribution in [0.1, 0.15) is 67.7 Å². The van der Waals surface area contributed by atoms with Gasteiger partial charge in [-0.05, 0) is 68.7 Å². The first kappa shape index (κ1) is 23.7. The quantitative estimate of drug-likeness (QED) is 0.307. The van der Waals surface area contributed by atoms with Crippen molar-refractivity contribution in [1.29, 1.82) is 0 Å². The minimum atomic E-state index is -0.359. The van der Waals surface area contributed by atoms with Crippen molar-refractivity contribution in [2.75, 3.05) is 6.61 Å². The Kier molecular flexibility index (Phi) is 9.17. The van der Waals surface area contributed by atoms with E-state index in [2.05, 4.69) is 26.8 Å². The van der Waals surface area contributed by atoms with Crippen LogP contribution in [-0.4, -0.2) is 18.5 Å². The van der Waals surface area contributed by atoms with Crippen molar-refractivity contribution in [3.63, 3.8) is 0 Å². The van der Waals surface area contributed by atoms with Gasteiger partial charge in [-0.15, -0.1) is 0 Å². The van der Waals surface area contributed by atoms with Crippen LogP contribution in [0.2, 0.25) is 0 Å². The van der Waals surface area contributed by atoms with Crippen LogP contribution in [-0.2, 0) is 19.1 Å². The molecule has 154 valence electrons. The van der Waals surface area contributed by atoms with E-state index in [1.165, 1.54) is 37.8 Å². The number of allylic oxidation sites excluding steroid dienone is 8. The normalized spacial score (nSPS) is 18.5. The van der Waals surface area contributed by atoms with Crippen LogP contribution in [0.4, 0.5) is 0 Å². The van der Waals surface area contributed by atoms with Crippen LogP contribution in [0, 0.1) is 5.41 Å². The molecule has 0 aromatic carbocycles. The van der Waals surface area contributed by atoms with E-state index in [0.717, 1.165) is 17.6 Å². The van der Waals surface area contributed by atoms with Crippen molar-refractivity contribution in [1.82, 2.24) is 0 Å². The number of hydrogen-bond donors (Lipinski definition) is 0. The van der Waals surface area contributed by atoms with Crippen LogP contribution in [0.3, 0.4) is 0 Å². The minimum Gasteiger partial charge on any atom is -0.462 e. The summed E-state index contributed by atoms with van der Waals surface area (Å²) in [5.41, 5.74) is 4.73. The van der Waals surface area contributed by atoms with E-state index in [1.807, 2.05) is 26.0 Å². The molecule has 0 amide bonds. The third kappa shape index (κ3) is 8.12. The van der Waals surface area contributed by atoms with Crippen molar-refractivity contribution in [3.8, 4) is 0 Å². The van der Waals surface area contributed by atoms with Crippen LogP contribution in [0.25, 0.3) is 0 Å². The van der Waals surface area contributed by atoms with Crippen molar-refractivity contribution in [3.05, 3.63) is 58.4 Å². The zero-order chi connectivity index (χ0) is 21.3. The van der Waals surface area contributed by atoms with Crippen LogP contribution in [0.5, 0.6) is 0 Å². The number of esters is 2. The molecule has 0 aliphatic heterocycles. The molecule has 0 radical (unpaired) electrons. The molecule has 1 aliphatic rings. The van der Waals surface area contributed by atoms with Crippen molar-refractivity contribution >= 4 is 11.9 Å². The van der Waals surface area contributed by atoms with Gasteiger partial charge in [0.1, 0.15) is 12.4 Å². The molecule has 4 nitrogen and oxygen atoms in total. The molecule has 28 heavy (non-hydrogen) atoms. The molecule has 0 heterocycles. The van der Waals surface area contributed by atoms with Crippen molar-refractivity contribution < 1.29 is 19.1 Å². The maximum absolute atomic E-state index is 11.5. The predicted molar refractivity (Wildman–Crippen MR) is 113 cm³/mol. The Balaban J connectivity index is 3.06. The summed E-state index contributed by atoms with van der Waals surface area (Å²) in [6.07, 6.45) is 13.1. The van der Waals surface area contributed by atoms with E-state index < -0.39 is 0 Å². The highest BCUT2D eigenvalue weighted by Gasteiger charge is 2.26. The Morgan fingerprint density at radius 2 is 1.71 bits per heavy atom. The van der Waals surface area contributed by atoms with Gasteiger partial charge in [-0.25, -0.2) is 0 Å². The second-order valence-corrected chi connectivity index (χ2v) is 7.99. The number of rotatable bonds is 7. The fraction of sp³-hybridized carbons (Fsp3) is 0.500. The molecule has 0 saturated heterocycles. The molecule has 0 saturated carbocycles. The SMILES string of the molecule is CC(=O)OCC=C(C)C=CC(OC(C)=O)=C(C)C=CC1=C(C)CCCC1(C)C. The maximum Gasteiger partial charge on any atom is 0.308 e. The molecule has 0 aromatic heterocycles. The van der Waals surface area contributed by atoms with Crippen molar-refractivity contribution in [2.24, 2.45) is 5.41 Å². The third-order valence-electron chi connectivity index (χ3n) is 4.87. The lowest BCUT2D eigenvalue weighted by Gasteiger charge is -2.33. The summed E-state index contributed by atoms with van der Waals surface area (Å²) in [6.45, 7) is 13.6. The van der Waals surface area contributed by atoms with E-state index in [0.29, 0.717) is 5.76 Å². The number of carbonyl (C=O) groups excluding carboxylic acids is 2.